The van der Waals surface area contributed by atoms with Crippen LogP contribution >= 0.6 is 0 Å². The van der Waals surface area contributed by atoms with Crippen molar-refractivity contribution in [2.75, 3.05) is 0 Å². The molecule has 0 nitrogen and oxygen atoms in total. The lowest BCUT2D eigenvalue weighted by molar-refractivity contribution is 0.302. The van der Waals surface area contributed by atoms with Crippen molar-refractivity contribution in [1.29, 1.82) is 0 Å². The van der Waals surface area contributed by atoms with Gasteiger partial charge in [-0.05, 0) is 90.7 Å². The maximum Gasteiger partial charge on any atom is 0.131 e. The van der Waals surface area contributed by atoms with Crippen LogP contribution in [0.25, 0.3) is 11.1 Å². The molecule has 34 heavy (non-hydrogen) atoms. The predicted octanol–water partition coefficient (Wildman–Crippen LogP) is 9.69. The van der Waals surface area contributed by atoms with Crippen molar-refractivity contribution in [2.24, 2.45) is 5.92 Å². The molecule has 0 heterocycles. The Morgan fingerprint density at radius 3 is 1.91 bits per heavy atom. The molecule has 0 amide bonds. The van der Waals surface area contributed by atoms with Gasteiger partial charge in [0.25, 0.3) is 0 Å². The zero-order valence-electron chi connectivity index (χ0n) is 21.2. The molecule has 0 N–H and O–H groups in total. The van der Waals surface area contributed by atoms with E-state index in [1.165, 1.54) is 73.6 Å². The highest BCUT2D eigenvalue weighted by molar-refractivity contribution is 5.65. The first-order valence-electron chi connectivity index (χ1n) is 13.6. The molecule has 0 atom stereocenters. The van der Waals surface area contributed by atoms with E-state index in [0.717, 1.165) is 36.3 Å². The molecule has 1 saturated carbocycles. The minimum absolute atomic E-state index is 0.0775. The minimum Gasteiger partial charge on any atom is -0.206 e. The summed E-state index contributed by atoms with van der Waals surface area (Å²) < 4.78 is 15.1. The lowest BCUT2D eigenvalue weighted by Gasteiger charge is -2.29. The molecule has 1 aliphatic rings. The molecule has 0 spiro atoms. The van der Waals surface area contributed by atoms with Crippen LogP contribution < -0.4 is 0 Å². The Bertz CT molecular complexity index is 1010. The fraction of sp³-hybridized carbons (Fsp3) is 0.455. The zero-order valence-corrected chi connectivity index (χ0v) is 21.2. The molecule has 1 aliphatic carbocycles. The summed E-state index contributed by atoms with van der Waals surface area (Å²) in [5.74, 6) is 1.34. The summed E-state index contributed by atoms with van der Waals surface area (Å²) in [4.78, 5) is 0. The molecule has 1 heteroatoms. The summed E-state index contributed by atoms with van der Waals surface area (Å²) in [5.41, 5.74) is 6.95. The second kappa shape index (κ2) is 12.3. The van der Waals surface area contributed by atoms with Crippen LogP contribution in [0.2, 0.25) is 0 Å². The third-order valence-electron chi connectivity index (χ3n) is 7.93. The minimum atomic E-state index is -0.0775. The second-order valence-corrected chi connectivity index (χ2v) is 10.3. The van der Waals surface area contributed by atoms with Crippen LogP contribution in [0.4, 0.5) is 4.39 Å². The first-order valence-corrected chi connectivity index (χ1v) is 13.6. The second-order valence-electron chi connectivity index (χ2n) is 10.3. The monoisotopic (exact) mass is 456 g/mol. The van der Waals surface area contributed by atoms with Crippen molar-refractivity contribution in [3.05, 3.63) is 94.8 Å². The van der Waals surface area contributed by atoms with Crippen molar-refractivity contribution in [3.63, 3.8) is 0 Å². The Hall–Kier alpha value is -2.41. The van der Waals surface area contributed by atoms with Gasteiger partial charge >= 0.3 is 0 Å². The quantitative estimate of drug-likeness (QED) is 0.266. The smallest absolute Gasteiger partial charge is 0.131 e. The summed E-state index contributed by atoms with van der Waals surface area (Å²) >= 11 is 0. The Morgan fingerprint density at radius 1 is 0.706 bits per heavy atom. The maximum atomic E-state index is 15.1. The summed E-state index contributed by atoms with van der Waals surface area (Å²) in [6, 6.07) is 23.4. The first-order chi connectivity index (χ1) is 16.7. The topological polar surface area (TPSA) is 0 Å². The van der Waals surface area contributed by atoms with Gasteiger partial charge in [-0.2, -0.15) is 0 Å². The van der Waals surface area contributed by atoms with Gasteiger partial charge in [-0.3, -0.25) is 0 Å². The van der Waals surface area contributed by atoms with Crippen LogP contribution in [0.1, 0.15) is 93.4 Å². The van der Waals surface area contributed by atoms with Gasteiger partial charge in [-0.1, -0.05) is 100 Å². The molecule has 1 fully saturated rings. The molecule has 180 valence electrons. The Balaban J connectivity index is 1.32. The van der Waals surface area contributed by atoms with Gasteiger partial charge in [0.1, 0.15) is 5.82 Å². The standard InChI is InChI=1S/C33H41F/c1-3-5-6-7-26-14-18-29(19-15-26)31-22-23-32(33(34)24-31)30-20-16-28(17-21-30)13-12-27-10-8-25(4-2)9-11-27/h8-11,16-17,20-24,26,29H,3-7,12-15,18-19H2,1-2H3. The largest absolute Gasteiger partial charge is 0.206 e. The first kappa shape index (κ1) is 24.7. The van der Waals surface area contributed by atoms with E-state index >= 15 is 4.39 Å². The molecule has 3 aromatic rings. The average Bonchev–Trinajstić information content (AvgIpc) is 2.89. The zero-order chi connectivity index (χ0) is 23.8. The van der Waals surface area contributed by atoms with E-state index in [1.54, 1.807) is 0 Å². The van der Waals surface area contributed by atoms with Gasteiger partial charge in [0, 0.05) is 5.56 Å². The normalized spacial score (nSPS) is 18.2. The van der Waals surface area contributed by atoms with Crippen molar-refractivity contribution < 1.29 is 4.39 Å². The molecule has 0 aromatic heterocycles. The van der Waals surface area contributed by atoms with Crippen molar-refractivity contribution >= 4 is 0 Å². The van der Waals surface area contributed by atoms with Gasteiger partial charge in [0.2, 0.25) is 0 Å². The molecule has 0 bridgehead atoms. The lowest BCUT2D eigenvalue weighted by Crippen LogP contribution is -2.13. The predicted molar refractivity (Wildman–Crippen MR) is 144 cm³/mol. The van der Waals surface area contributed by atoms with Crippen LogP contribution in [0, 0.1) is 11.7 Å². The molecular formula is C33H41F. The highest BCUT2D eigenvalue weighted by atomic mass is 19.1. The van der Waals surface area contributed by atoms with Gasteiger partial charge in [-0.15, -0.1) is 0 Å². The number of benzene rings is 3. The molecule has 0 radical (unpaired) electrons. The summed E-state index contributed by atoms with van der Waals surface area (Å²) in [7, 11) is 0. The Labute approximate surface area is 206 Å². The summed E-state index contributed by atoms with van der Waals surface area (Å²) in [5, 5.41) is 0. The molecule has 0 aliphatic heterocycles. The van der Waals surface area contributed by atoms with E-state index in [4.69, 9.17) is 0 Å². The fourth-order valence-corrected chi connectivity index (χ4v) is 5.57. The number of unbranched alkanes of at least 4 members (excludes halogenated alkanes) is 2. The van der Waals surface area contributed by atoms with E-state index in [2.05, 4.69) is 68.4 Å². The third-order valence-corrected chi connectivity index (χ3v) is 7.93. The van der Waals surface area contributed by atoms with Crippen molar-refractivity contribution in [1.82, 2.24) is 0 Å². The Kier molecular flexibility index (Phi) is 8.97. The van der Waals surface area contributed by atoms with Gasteiger partial charge < -0.3 is 0 Å². The van der Waals surface area contributed by atoms with E-state index in [0.29, 0.717) is 5.92 Å². The SMILES string of the molecule is CCCCCC1CCC(c2ccc(-c3ccc(CCc4ccc(CC)cc4)cc3)c(F)c2)CC1. The highest BCUT2D eigenvalue weighted by Crippen LogP contribution is 2.39. The number of hydrogen-bond donors (Lipinski definition) is 0. The van der Waals surface area contributed by atoms with Crippen LogP contribution in [0.3, 0.4) is 0 Å². The van der Waals surface area contributed by atoms with Gasteiger partial charge in [0.15, 0.2) is 0 Å². The third kappa shape index (κ3) is 6.59. The fourth-order valence-electron chi connectivity index (χ4n) is 5.57. The number of halogens is 1. The highest BCUT2D eigenvalue weighted by Gasteiger charge is 2.23. The van der Waals surface area contributed by atoms with E-state index in [9.17, 15) is 0 Å². The lowest BCUT2D eigenvalue weighted by atomic mass is 9.77. The number of hydrogen-bond acceptors (Lipinski definition) is 0. The van der Waals surface area contributed by atoms with Crippen molar-refractivity contribution in [3.8, 4) is 11.1 Å². The van der Waals surface area contributed by atoms with Crippen LogP contribution in [-0.4, -0.2) is 0 Å². The number of rotatable bonds is 10. The molecule has 4 rings (SSSR count). The van der Waals surface area contributed by atoms with Gasteiger partial charge in [-0.25, -0.2) is 4.39 Å². The average molecular weight is 457 g/mol. The summed E-state index contributed by atoms with van der Waals surface area (Å²) in [6.07, 6.45) is 13.6. The molecule has 3 aromatic carbocycles. The molecular weight excluding hydrogens is 415 g/mol. The van der Waals surface area contributed by atoms with E-state index in [1.807, 2.05) is 12.1 Å². The van der Waals surface area contributed by atoms with Crippen molar-refractivity contribution in [2.45, 2.75) is 90.4 Å². The number of aryl methyl sites for hydroxylation is 3. The van der Waals surface area contributed by atoms with Crippen LogP contribution in [-0.2, 0) is 19.3 Å². The molecule has 0 saturated heterocycles. The van der Waals surface area contributed by atoms with E-state index < -0.39 is 0 Å². The van der Waals surface area contributed by atoms with Gasteiger partial charge in [0.05, 0.1) is 0 Å². The van der Waals surface area contributed by atoms with Crippen LogP contribution in [0.5, 0.6) is 0 Å². The van der Waals surface area contributed by atoms with Crippen LogP contribution in [0.15, 0.2) is 66.7 Å². The van der Waals surface area contributed by atoms with E-state index in [-0.39, 0.29) is 5.82 Å². The maximum absolute atomic E-state index is 15.1. The Morgan fingerprint density at radius 2 is 1.32 bits per heavy atom. The molecule has 0 unspecified atom stereocenters. The summed E-state index contributed by atoms with van der Waals surface area (Å²) in [6.45, 7) is 4.46.